The van der Waals surface area contributed by atoms with Crippen molar-refractivity contribution in [3.8, 4) is 11.5 Å². The van der Waals surface area contributed by atoms with Crippen LogP contribution in [0.1, 0.15) is 35.5 Å². The molecule has 0 spiro atoms. The van der Waals surface area contributed by atoms with Gasteiger partial charge in [-0.3, -0.25) is 24.4 Å². The molecule has 0 aliphatic carbocycles. The van der Waals surface area contributed by atoms with Crippen molar-refractivity contribution in [2.75, 3.05) is 13.1 Å². The summed E-state index contributed by atoms with van der Waals surface area (Å²) in [6, 6.07) is 24.0. The monoisotopic (exact) mass is 577 g/mol. The van der Waals surface area contributed by atoms with Crippen molar-refractivity contribution >= 4 is 10.9 Å². The van der Waals surface area contributed by atoms with Gasteiger partial charge in [-0.05, 0) is 24.1 Å². The Kier molecular flexibility index (Phi) is 8.09. The first-order chi connectivity index (χ1) is 20.9. The Morgan fingerprint density at radius 1 is 0.767 bits per heavy atom. The molecule has 2 aromatic carbocycles. The van der Waals surface area contributed by atoms with E-state index in [0.29, 0.717) is 12.6 Å². The van der Waals surface area contributed by atoms with Crippen molar-refractivity contribution in [3.63, 3.8) is 0 Å². The molecule has 0 amide bonds. The van der Waals surface area contributed by atoms with Gasteiger partial charge in [-0.15, -0.1) is 0 Å². The maximum atomic E-state index is 11.6. The van der Waals surface area contributed by atoms with E-state index in [1.807, 2.05) is 39.6 Å². The average molecular weight is 578 g/mol. The van der Waals surface area contributed by atoms with Gasteiger partial charge in [-0.25, -0.2) is 0 Å². The first-order valence-corrected chi connectivity index (χ1v) is 14.5. The number of hydrogen-bond acceptors (Lipinski definition) is 7. The fourth-order valence-electron chi connectivity index (χ4n) is 5.92. The second-order valence-corrected chi connectivity index (χ2v) is 11.2. The average Bonchev–Trinajstić information content (AvgIpc) is 3.03. The van der Waals surface area contributed by atoms with Crippen molar-refractivity contribution < 1.29 is 10.2 Å². The minimum absolute atomic E-state index is 0.168. The molecule has 0 fully saturated rings. The van der Waals surface area contributed by atoms with E-state index in [2.05, 4.69) is 58.1 Å². The van der Waals surface area contributed by atoms with E-state index in [9.17, 15) is 19.8 Å². The number of aromatic hydroxyl groups is 2. The Bertz CT molecular complexity index is 1860. The summed E-state index contributed by atoms with van der Waals surface area (Å²) in [6.07, 6.45) is 4.90. The highest BCUT2D eigenvalue weighted by Crippen LogP contribution is 2.25. The molecule has 0 saturated heterocycles. The molecule has 2 aliphatic heterocycles. The van der Waals surface area contributed by atoms with E-state index in [0.717, 1.165) is 61.6 Å². The minimum Gasteiger partial charge on any atom is -0.503 e. The molecule has 3 aromatic heterocycles. The maximum Gasteiger partial charge on any atom is 0.223 e. The summed E-state index contributed by atoms with van der Waals surface area (Å²) in [5.74, 6) is -0.348. The van der Waals surface area contributed by atoms with Gasteiger partial charge in [0.25, 0.3) is 0 Å². The van der Waals surface area contributed by atoms with Crippen LogP contribution >= 0.6 is 0 Å². The van der Waals surface area contributed by atoms with Gasteiger partial charge >= 0.3 is 0 Å². The minimum atomic E-state index is -0.315. The molecule has 220 valence electrons. The van der Waals surface area contributed by atoms with Gasteiger partial charge in [0, 0.05) is 87.0 Å². The van der Waals surface area contributed by atoms with Crippen LogP contribution in [0.3, 0.4) is 0 Å². The summed E-state index contributed by atoms with van der Waals surface area (Å²) in [7, 11) is 0. The third kappa shape index (κ3) is 6.23. The van der Waals surface area contributed by atoms with Crippen molar-refractivity contribution in [1.82, 2.24) is 23.9 Å². The van der Waals surface area contributed by atoms with Crippen molar-refractivity contribution in [2.45, 2.75) is 45.7 Å². The van der Waals surface area contributed by atoms with Crippen LogP contribution in [0.2, 0.25) is 0 Å². The highest BCUT2D eigenvalue weighted by atomic mass is 16.3. The summed E-state index contributed by atoms with van der Waals surface area (Å²) in [5.41, 5.74) is 4.79. The zero-order chi connectivity index (χ0) is 29.9. The molecule has 0 saturated carbocycles. The number of aromatic nitrogens is 3. The number of para-hydroxylation sites is 1. The lowest BCUT2D eigenvalue weighted by Gasteiger charge is -2.34. The summed E-state index contributed by atoms with van der Waals surface area (Å²) >= 11 is 0. The van der Waals surface area contributed by atoms with E-state index in [4.69, 9.17) is 0 Å². The zero-order valence-electron chi connectivity index (χ0n) is 24.1. The normalized spacial score (nSPS) is 15.7. The van der Waals surface area contributed by atoms with Crippen LogP contribution in [0.15, 0.2) is 101 Å². The summed E-state index contributed by atoms with van der Waals surface area (Å²) in [6.45, 7) is 7.74. The van der Waals surface area contributed by atoms with Crippen molar-refractivity contribution in [3.05, 3.63) is 134 Å². The number of rotatable bonds is 4. The van der Waals surface area contributed by atoms with E-state index in [-0.39, 0.29) is 22.4 Å². The fourth-order valence-corrected chi connectivity index (χ4v) is 5.92. The number of benzene rings is 2. The molecule has 7 rings (SSSR count). The van der Waals surface area contributed by atoms with Gasteiger partial charge in [0.05, 0.1) is 17.9 Å². The fraction of sp³-hybridized carbons (Fsp3) is 0.265. The van der Waals surface area contributed by atoms with E-state index in [1.54, 1.807) is 12.3 Å². The van der Waals surface area contributed by atoms with Crippen LogP contribution in [-0.2, 0) is 32.7 Å². The molecular formula is C34H35N5O4. The van der Waals surface area contributed by atoms with Crippen molar-refractivity contribution in [1.29, 1.82) is 0 Å². The summed E-state index contributed by atoms with van der Waals surface area (Å²) < 4.78 is 3.92. The lowest BCUT2D eigenvalue weighted by atomic mass is 10.1. The van der Waals surface area contributed by atoms with Gasteiger partial charge in [0.15, 0.2) is 11.5 Å². The quantitative estimate of drug-likeness (QED) is 0.329. The number of pyridine rings is 3. The molecule has 9 heteroatoms. The molecule has 0 bridgehead atoms. The standard InChI is InChI=1S/C18H17N3O2.C16H18N2O2/c22-16-9-15-11-20(7-8-21(15)12-17(16)23)10-14-4-1-3-13-5-2-6-19-18(13)14;1-12(13-5-3-2-4-6-13)17-7-8-18-11-16(20)15(19)9-14(18)10-17/h1-6,9,12,23H,7-8,10-11H2;2-6,9,11-12,20H,7-8,10H2,1H3. The van der Waals surface area contributed by atoms with Crippen LogP contribution in [0, 0.1) is 0 Å². The predicted octanol–water partition coefficient (Wildman–Crippen LogP) is 4.25. The second-order valence-electron chi connectivity index (χ2n) is 11.2. The maximum absolute atomic E-state index is 11.6. The molecule has 2 aliphatic rings. The van der Waals surface area contributed by atoms with E-state index in [1.165, 1.54) is 23.4 Å². The predicted molar refractivity (Wildman–Crippen MR) is 166 cm³/mol. The summed E-state index contributed by atoms with van der Waals surface area (Å²) in [4.78, 5) is 32.3. The Morgan fingerprint density at radius 2 is 1.42 bits per heavy atom. The van der Waals surface area contributed by atoms with Gasteiger partial charge in [-0.2, -0.15) is 0 Å². The first-order valence-electron chi connectivity index (χ1n) is 14.5. The molecule has 43 heavy (non-hydrogen) atoms. The highest BCUT2D eigenvalue weighted by molar-refractivity contribution is 5.81. The van der Waals surface area contributed by atoms with Gasteiger partial charge in [-0.1, -0.05) is 54.6 Å². The Labute approximate surface area is 249 Å². The number of hydrogen-bond donors (Lipinski definition) is 2. The summed E-state index contributed by atoms with van der Waals surface area (Å²) in [5, 5.41) is 20.2. The molecule has 9 nitrogen and oxygen atoms in total. The number of nitrogens with zero attached hydrogens (tertiary/aromatic N) is 5. The number of fused-ring (bicyclic) bond motifs is 3. The third-order valence-corrected chi connectivity index (χ3v) is 8.37. The zero-order valence-corrected chi connectivity index (χ0v) is 24.1. The second kappa shape index (κ2) is 12.2. The molecule has 5 aromatic rings. The Balaban J connectivity index is 0.000000155. The molecule has 2 N–H and O–H groups in total. The first kappa shape index (κ1) is 28.4. The lowest BCUT2D eigenvalue weighted by Crippen LogP contribution is -2.36. The topological polar surface area (TPSA) is 104 Å². The molecule has 5 heterocycles. The Morgan fingerprint density at radius 3 is 2.14 bits per heavy atom. The van der Waals surface area contributed by atoms with Gasteiger partial charge in [0.2, 0.25) is 10.9 Å². The van der Waals surface area contributed by atoms with Crippen LogP contribution in [-0.4, -0.2) is 47.2 Å². The lowest BCUT2D eigenvalue weighted by molar-refractivity contribution is 0.164. The van der Waals surface area contributed by atoms with Gasteiger partial charge in [0.1, 0.15) is 0 Å². The van der Waals surface area contributed by atoms with Crippen molar-refractivity contribution in [2.24, 2.45) is 0 Å². The van der Waals surface area contributed by atoms with E-state index >= 15 is 0 Å². The van der Waals surface area contributed by atoms with Crippen LogP contribution in [0.5, 0.6) is 11.5 Å². The van der Waals surface area contributed by atoms with Crippen LogP contribution in [0.4, 0.5) is 0 Å². The van der Waals surface area contributed by atoms with Gasteiger partial charge < -0.3 is 19.3 Å². The largest absolute Gasteiger partial charge is 0.503 e. The SMILES string of the molecule is CC(c1ccccc1)N1CCn2cc(O)c(=O)cc2C1.O=c1cc2n(cc1O)CCN(Cc1cccc3cccnc13)C2. The third-order valence-electron chi connectivity index (χ3n) is 8.37. The van der Waals surface area contributed by atoms with Crippen LogP contribution < -0.4 is 10.9 Å². The highest BCUT2D eigenvalue weighted by Gasteiger charge is 2.22. The molecule has 0 radical (unpaired) electrons. The van der Waals surface area contributed by atoms with E-state index < -0.39 is 0 Å². The molecule has 1 unspecified atom stereocenters. The van der Waals surface area contributed by atoms with Crippen LogP contribution in [0.25, 0.3) is 10.9 Å². The molecule has 1 atom stereocenters. The molecular weight excluding hydrogens is 542 g/mol. The smallest absolute Gasteiger partial charge is 0.223 e. The Hall–Kier alpha value is -4.73.